The highest BCUT2D eigenvalue weighted by Crippen LogP contribution is 2.44. The van der Waals surface area contributed by atoms with Gasteiger partial charge in [0.1, 0.15) is 11.9 Å². The van der Waals surface area contributed by atoms with E-state index in [2.05, 4.69) is 30.8 Å². The van der Waals surface area contributed by atoms with Crippen LogP contribution in [0.5, 0.6) is 5.88 Å². The van der Waals surface area contributed by atoms with Crippen LogP contribution in [0.15, 0.2) is 78.2 Å². The first kappa shape index (κ1) is 24.2. The maximum atomic E-state index is 15.7. The summed E-state index contributed by atoms with van der Waals surface area (Å²) in [6.45, 7) is 5.99. The number of aromatic nitrogens is 4. The summed E-state index contributed by atoms with van der Waals surface area (Å²) in [4.78, 5) is 23.4. The van der Waals surface area contributed by atoms with Crippen LogP contribution >= 0.6 is 0 Å². The van der Waals surface area contributed by atoms with Crippen LogP contribution in [-0.2, 0) is 0 Å². The number of amides is 1. The molecule has 0 saturated heterocycles. The van der Waals surface area contributed by atoms with Crippen molar-refractivity contribution >= 4 is 17.5 Å². The van der Waals surface area contributed by atoms with E-state index in [0.29, 0.717) is 12.4 Å². The van der Waals surface area contributed by atoms with Gasteiger partial charge in [-0.05, 0) is 32.4 Å². The number of hydrogen-bond acceptors (Lipinski definition) is 7. The normalized spacial score (nSPS) is 20.2. The van der Waals surface area contributed by atoms with Crippen molar-refractivity contribution in [3.05, 3.63) is 83.8 Å². The lowest BCUT2D eigenvalue weighted by Gasteiger charge is -2.31. The minimum atomic E-state index is -0.893. The molecule has 0 spiro atoms. The minimum Gasteiger partial charge on any atom is -0.435 e. The number of hydrogen-bond donors (Lipinski definition) is 3. The number of halogens is 1. The molecule has 1 aliphatic heterocycles. The molecule has 5 rings (SSSR count). The zero-order valence-corrected chi connectivity index (χ0v) is 21.0. The molecule has 9 nitrogen and oxygen atoms in total. The summed E-state index contributed by atoms with van der Waals surface area (Å²) in [5.74, 6) is -0.222. The molecule has 37 heavy (non-hydrogen) atoms. The molecule has 190 valence electrons. The van der Waals surface area contributed by atoms with E-state index in [-0.39, 0.29) is 35.0 Å². The Morgan fingerprint density at radius 1 is 1.27 bits per heavy atom. The molecule has 0 bridgehead atoms. The van der Waals surface area contributed by atoms with Crippen LogP contribution in [0.3, 0.4) is 0 Å². The molecule has 3 aromatic rings. The predicted octanol–water partition coefficient (Wildman–Crippen LogP) is 4.71. The highest BCUT2D eigenvalue weighted by molar-refractivity contribution is 6.01. The summed E-state index contributed by atoms with van der Waals surface area (Å²) in [5, 5.41) is 13.6. The standard InChI is InChI=1S/C27H28FN7O2/c1-5-35(4)26(36)22-24(32-21-13-18(33-34-21)17-9-7-6-8-10-17)29-15-30-25(22)37-19-11-12-20-27(3,23(19)28)14-16(2)31-20/h6-15,20,31H,5H2,1-4H3,(H2,29,30,32,33,34). The van der Waals surface area contributed by atoms with Crippen molar-refractivity contribution in [3.8, 4) is 17.1 Å². The van der Waals surface area contributed by atoms with Crippen molar-refractivity contribution in [2.45, 2.75) is 26.8 Å². The number of ether oxygens (including phenoxy) is 1. The molecule has 2 aromatic heterocycles. The second-order valence-electron chi connectivity index (χ2n) is 9.25. The summed E-state index contributed by atoms with van der Waals surface area (Å²) in [6, 6.07) is 11.3. The minimum absolute atomic E-state index is 0.00418. The average molecular weight is 502 g/mol. The monoisotopic (exact) mass is 501 g/mol. The first-order valence-electron chi connectivity index (χ1n) is 12.0. The number of allylic oxidation sites excluding steroid dienone is 2. The fraction of sp³-hybridized carbons (Fsp3) is 0.259. The molecule has 10 heteroatoms. The van der Waals surface area contributed by atoms with Gasteiger partial charge in [-0.2, -0.15) is 5.10 Å². The number of H-pyrrole nitrogens is 1. The van der Waals surface area contributed by atoms with Crippen LogP contribution in [0.4, 0.5) is 16.0 Å². The van der Waals surface area contributed by atoms with Gasteiger partial charge in [-0.3, -0.25) is 9.89 Å². The maximum Gasteiger partial charge on any atom is 0.262 e. The van der Waals surface area contributed by atoms with Gasteiger partial charge >= 0.3 is 0 Å². The van der Waals surface area contributed by atoms with Gasteiger partial charge in [-0.15, -0.1) is 0 Å². The van der Waals surface area contributed by atoms with Gasteiger partial charge in [0.05, 0.1) is 17.2 Å². The van der Waals surface area contributed by atoms with E-state index in [1.54, 1.807) is 20.0 Å². The van der Waals surface area contributed by atoms with Crippen molar-refractivity contribution in [1.29, 1.82) is 0 Å². The highest BCUT2D eigenvalue weighted by Gasteiger charge is 2.44. The number of nitrogens with zero attached hydrogens (tertiary/aromatic N) is 4. The van der Waals surface area contributed by atoms with Crippen molar-refractivity contribution in [1.82, 2.24) is 30.4 Å². The molecule has 2 aliphatic rings. The summed E-state index contributed by atoms with van der Waals surface area (Å²) in [6.07, 6.45) is 6.52. The molecule has 1 amide bonds. The van der Waals surface area contributed by atoms with E-state index >= 15 is 4.39 Å². The zero-order valence-electron chi connectivity index (χ0n) is 21.0. The number of benzene rings is 1. The van der Waals surface area contributed by atoms with Gasteiger partial charge < -0.3 is 20.3 Å². The van der Waals surface area contributed by atoms with Gasteiger partial charge in [0.25, 0.3) is 5.91 Å². The summed E-state index contributed by atoms with van der Waals surface area (Å²) in [5.41, 5.74) is 1.82. The second kappa shape index (κ2) is 9.53. The average Bonchev–Trinajstić information content (AvgIpc) is 3.49. The van der Waals surface area contributed by atoms with Crippen molar-refractivity contribution in [2.75, 3.05) is 18.9 Å². The third-order valence-corrected chi connectivity index (χ3v) is 6.64. The van der Waals surface area contributed by atoms with Gasteiger partial charge in [-0.1, -0.05) is 42.5 Å². The SMILES string of the molecule is CCN(C)C(=O)c1c(Nc2cc(-c3ccccc3)[nH]n2)ncnc1OC1=C(F)C2(C)C=C(C)NC2C=C1. The molecule has 1 aliphatic carbocycles. The number of nitrogens with one attached hydrogen (secondary N) is 3. The molecule has 2 unspecified atom stereocenters. The highest BCUT2D eigenvalue weighted by atomic mass is 19.1. The topological polar surface area (TPSA) is 108 Å². The lowest BCUT2D eigenvalue weighted by Crippen LogP contribution is -2.37. The fourth-order valence-electron chi connectivity index (χ4n) is 4.47. The summed E-state index contributed by atoms with van der Waals surface area (Å²) >= 11 is 0. The van der Waals surface area contributed by atoms with Crippen LogP contribution in [0.2, 0.25) is 0 Å². The fourth-order valence-corrected chi connectivity index (χ4v) is 4.47. The first-order valence-corrected chi connectivity index (χ1v) is 12.0. The number of carbonyl (C=O) groups excluding carboxylic acids is 1. The Bertz CT molecular complexity index is 1430. The smallest absolute Gasteiger partial charge is 0.262 e. The van der Waals surface area contributed by atoms with Crippen LogP contribution in [-0.4, -0.2) is 50.6 Å². The van der Waals surface area contributed by atoms with E-state index in [1.807, 2.05) is 62.4 Å². The third-order valence-electron chi connectivity index (χ3n) is 6.64. The number of anilines is 2. The number of rotatable bonds is 7. The zero-order chi connectivity index (χ0) is 26.2. The molecule has 0 fully saturated rings. The second-order valence-corrected chi connectivity index (χ2v) is 9.25. The molecule has 1 aromatic carbocycles. The van der Waals surface area contributed by atoms with Crippen LogP contribution in [0, 0.1) is 5.41 Å². The lowest BCUT2D eigenvalue weighted by atomic mass is 9.79. The predicted molar refractivity (Wildman–Crippen MR) is 139 cm³/mol. The van der Waals surface area contributed by atoms with Gasteiger partial charge in [0.15, 0.2) is 23.2 Å². The van der Waals surface area contributed by atoms with Gasteiger partial charge in [0.2, 0.25) is 5.88 Å². The summed E-state index contributed by atoms with van der Waals surface area (Å²) < 4.78 is 21.6. The number of aromatic amines is 1. The first-order chi connectivity index (χ1) is 17.8. The molecular weight excluding hydrogens is 473 g/mol. The molecule has 3 N–H and O–H groups in total. The third kappa shape index (κ3) is 4.46. The molecule has 3 heterocycles. The Hall–Kier alpha value is -4.47. The Balaban J connectivity index is 1.51. The van der Waals surface area contributed by atoms with Crippen molar-refractivity contribution in [3.63, 3.8) is 0 Å². The Kier molecular flexibility index (Phi) is 6.24. The Labute approximate surface area is 214 Å². The number of carbonyl (C=O) groups is 1. The molecule has 2 atom stereocenters. The van der Waals surface area contributed by atoms with Crippen LogP contribution in [0.1, 0.15) is 31.1 Å². The van der Waals surface area contributed by atoms with E-state index < -0.39 is 11.2 Å². The maximum absolute atomic E-state index is 15.7. The van der Waals surface area contributed by atoms with Gasteiger partial charge in [0, 0.05) is 25.4 Å². The van der Waals surface area contributed by atoms with E-state index in [1.165, 1.54) is 11.2 Å². The van der Waals surface area contributed by atoms with Crippen molar-refractivity contribution in [2.24, 2.45) is 5.41 Å². The molecule has 0 saturated carbocycles. The van der Waals surface area contributed by atoms with E-state index in [9.17, 15) is 4.79 Å². The Morgan fingerprint density at radius 2 is 2.05 bits per heavy atom. The number of fused-ring (bicyclic) bond motifs is 1. The van der Waals surface area contributed by atoms with E-state index in [4.69, 9.17) is 4.74 Å². The van der Waals surface area contributed by atoms with Gasteiger partial charge in [-0.25, -0.2) is 14.4 Å². The van der Waals surface area contributed by atoms with Crippen molar-refractivity contribution < 1.29 is 13.9 Å². The largest absolute Gasteiger partial charge is 0.435 e. The van der Waals surface area contributed by atoms with Crippen LogP contribution < -0.4 is 15.4 Å². The lowest BCUT2D eigenvalue weighted by molar-refractivity contribution is 0.0799. The van der Waals surface area contributed by atoms with E-state index in [0.717, 1.165) is 17.0 Å². The summed E-state index contributed by atoms with van der Waals surface area (Å²) in [7, 11) is 1.66. The molecule has 0 radical (unpaired) electrons. The Morgan fingerprint density at radius 3 is 2.81 bits per heavy atom. The van der Waals surface area contributed by atoms with Crippen LogP contribution in [0.25, 0.3) is 11.3 Å². The quantitative estimate of drug-likeness (QED) is 0.430. The molecular formula is C27H28FN7O2.